The van der Waals surface area contributed by atoms with E-state index < -0.39 is 0 Å². The first kappa shape index (κ1) is 18.5. The summed E-state index contributed by atoms with van der Waals surface area (Å²) in [7, 11) is 0. The lowest BCUT2D eigenvalue weighted by molar-refractivity contribution is 0.840. The second kappa shape index (κ2) is 10.3. The molecule has 0 saturated heterocycles. The van der Waals surface area contributed by atoms with Crippen LogP contribution in [0.15, 0.2) is 44.7 Å². The first-order valence-electron chi connectivity index (χ1n) is 6.82. The van der Waals surface area contributed by atoms with Gasteiger partial charge >= 0.3 is 0 Å². The van der Waals surface area contributed by atoms with Gasteiger partial charge in [0, 0.05) is 10.6 Å². The van der Waals surface area contributed by atoms with Crippen LogP contribution >= 0.6 is 23.5 Å². The Labute approximate surface area is 127 Å². The second-order valence-electron chi connectivity index (χ2n) is 4.16. The molecule has 1 rings (SSSR count). The Bertz CT molecular complexity index is 386. The quantitative estimate of drug-likeness (QED) is 0.679. The Morgan fingerprint density at radius 3 is 2.37 bits per heavy atom. The number of rotatable bonds is 4. The SMILES string of the molecule is C/C=C/C1=C(/C=C/SC(C)=C(C)C)NC(C)S1.CC. The van der Waals surface area contributed by atoms with Gasteiger partial charge in [0.15, 0.2) is 0 Å². The third kappa shape index (κ3) is 6.98. The molecule has 0 amide bonds. The van der Waals surface area contributed by atoms with E-state index in [1.165, 1.54) is 21.1 Å². The van der Waals surface area contributed by atoms with Gasteiger partial charge in [-0.15, -0.1) is 11.8 Å². The molecule has 0 spiro atoms. The van der Waals surface area contributed by atoms with Gasteiger partial charge in [0.1, 0.15) is 0 Å². The van der Waals surface area contributed by atoms with Crippen molar-refractivity contribution in [3.63, 3.8) is 0 Å². The van der Waals surface area contributed by atoms with Crippen LogP contribution in [0.2, 0.25) is 0 Å². The molecule has 1 aliphatic heterocycles. The lowest BCUT2D eigenvalue weighted by Gasteiger charge is -2.03. The van der Waals surface area contributed by atoms with E-state index in [0.717, 1.165) is 0 Å². The van der Waals surface area contributed by atoms with Crippen LogP contribution in [0.5, 0.6) is 0 Å². The van der Waals surface area contributed by atoms with Crippen LogP contribution in [0.3, 0.4) is 0 Å². The number of hydrogen-bond donors (Lipinski definition) is 1. The zero-order chi connectivity index (χ0) is 14.8. The van der Waals surface area contributed by atoms with Crippen LogP contribution in [0.4, 0.5) is 0 Å². The van der Waals surface area contributed by atoms with Gasteiger partial charge in [-0.3, -0.25) is 0 Å². The Hall–Kier alpha value is -0.540. The highest BCUT2D eigenvalue weighted by molar-refractivity contribution is 8.05. The third-order valence-corrected chi connectivity index (χ3v) is 4.54. The zero-order valence-corrected chi connectivity index (χ0v) is 14.8. The fraction of sp³-hybridized carbons (Fsp3) is 0.500. The summed E-state index contributed by atoms with van der Waals surface area (Å²) in [5.74, 6) is 0. The van der Waals surface area contributed by atoms with Crippen molar-refractivity contribution in [3.8, 4) is 0 Å². The van der Waals surface area contributed by atoms with Crippen molar-refractivity contribution >= 4 is 23.5 Å². The summed E-state index contributed by atoms with van der Waals surface area (Å²) in [6.07, 6.45) is 6.42. The van der Waals surface area contributed by atoms with Crippen molar-refractivity contribution in [1.29, 1.82) is 0 Å². The van der Waals surface area contributed by atoms with Crippen molar-refractivity contribution in [2.24, 2.45) is 0 Å². The molecule has 1 aliphatic rings. The van der Waals surface area contributed by atoms with E-state index in [0.29, 0.717) is 5.37 Å². The summed E-state index contributed by atoms with van der Waals surface area (Å²) in [6.45, 7) is 14.7. The lowest BCUT2D eigenvalue weighted by atomic mass is 10.3. The molecule has 0 aromatic heterocycles. The highest BCUT2D eigenvalue weighted by Crippen LogP contribution is 2.32. The maximum atomic E-state index is 3.47. The fourth-order valence-corrected chi connectivity index (χ4v) is 2.99. The number of allylic oxidation sites excluding steroid dienone is 5. The van der Waals surface area contributed by atoms with Gasteiger partial charge in [0.25, 0.3) is 0 Å². The molecule has 1 nitrogen and oxygen atoms in total. The molecule has 0 aromatic carbocycles. The van der Waals surface area contributed by atoms with Crippen LogP contribution < -0.4 is 5.32 Å². The summed E-state index contributed by atoms with van der Waals surface area (Å²) in [6, 6.07) is 0. The lowest BCUT2D eigenvalue weighted by Crippen LogP contribution is -2.14. The van der Waals surface area contributed by atoms with E-state index in [-0.39, 0.29) is 0 Å². The zero-order valence-electron chi connectivity index (χ0n) is 13.2. The van der Waals surface area contributed by atoms with Gasteiger partial charge in [0.2, 0.25) is 0 Å². The van der Waals surface area contributed by atoms with E-state index in [4.69, 9.17) is 0 Å². The molecule has 1 N–H and O–H groups in total. The molecule has 0 aromatic rings. The summed E-state index contributed by atoms with van der Waals surface area (Å²) in [5.41, 5.74) is 2.61. The number of thioether (sulfide) groups is 2. The second-order valence-corrected chi connectivity index (χ2v) is 6.66. The predicted octanol–water partition coefficient (Wildman–Crippen LogP) is 6.04. The summed E-state index contributed by atoms with van der Waals surface area (Å²) < 4.78 is 0. The first-order chi connectivity index (χ1) is 9.04. The molecule has 1 unspecified atom stereocenters. The van der Waals surface area contributed by atoms with E-state index in [1.54, 1.807) is 11.8 Å². The van der Waals surface area contributed by atoms with Crippen molar-refractivity contribution < 1.29 is 0 Å². The Kier molecular flexibility index (Phi) is 9.98. The standard InChI is InChI=1S/C14H21NS2.C2H6/c1-6-7-14-13(15-12(5)17-14)8-9-16-11(4)10(2)3;1-2/h6-9,12,15H,1-5H3;1-2H3/b7-6+,9-8+;. The predicted molar refractivity (Wildman–Crippen MR) is 94.2 cm³/mol. The first-order valence-corrected chi connectivity index (χ1v) is 8.58. The average Bonchev–Trinajstić information content (AvgIpc) is 2.72. The minimum Gasteiger partial charge on any atom is -0.372 e. The van der Waals surface area contributed by atoms with Crippen molar-refractivity contribution in [2.75, 3.05) is 0 Å². The number of nitrogens with one attached hydrogen (secondary N) is 1. The average molecular weight is 298 g/mol. The maximum absolute atomic E-state index is 3.47. The van der Waals surface area contributed by atoms with Gasteiger partial charge in [-0.05, 0) is 51.0 Å². The monoisotopic (exact) mass is 297 g/mol. The highest BCUT2D eigenvalue weighted by Gasteiger charge is 2.16. The molecule has 19 heavy (non-hydrogen) atoms. The van der Waals surface area contributed by atoms with E-state index >= 15 is 0 Å². The summed E-state index contributed by atoms with van der Waals surface area (Å²) in [5, 5.41) is 6.09. The van der Waals surface area contributed by atoms with Gasteiger partial charge in [-0.25, -0.2) is 0 Å². The molecule has 1 heterocycles. The maximum Gasteiger partial charge on any atom is 0.0741 e. The smallest absolute Gasteiger partial charge is 0.0741 e. The van der Waals surface area contributed by atoms with E-state index in [1.807, 2.05) is 25.6 Å². The summed E-state index contributed by atoms with van der Waals surface area (Å²) >= 11 is 3.66. The molecular weight excluding hydrogens is 270 g/mol. The number of hydrogen-bond acceptors (Lipinski definition) is 3. The Balaban J connectivity index is 0.00000154. The van der Waals surface area contributed by atoms with Crippen LogP contribution in [-0.2, 0) is 0 Å². The van der Waals surface area contributed by atoms with Gasteiger partial charge in [-0.1, -0.05) is 43.3 Å². The van der Waals surface area contributed by atoms with Gasteiger partial charge in [0.05, 0.1) is 5.37 Å². The molecule has 3 heteroatoms. The third-order valence-electron chi connectivity index (χ3n) is 2.43. The van der Waals surface area contributed by atoms with Gasteiger partial charge < -0.3 is 5.32 Å². The molecule has 108 valence electrons. The normalized spacial score (nSPS) is 18.6. The molecule has 1 atom stereocenters. The van der Waals surface area contributed by atoms with Crippen molar-refractivity contribution in [3.05, 3.63) is 44.7 Å². The van der Waals surface area contributed by atoms with E-state index in [9.17, 15) is 0 Å². The van der Waals surface area contributed by atoms with Crippen LogP contribution in [-0.4, -0.2) is 5.37 Å². The van der Waals surface area contributed by atoms with Crippen LogP contribution in [0, 0.1) is 0 Å². The van der Waals surface area contributed by atoms with Crippen LogP contribution in [0.25, 0.3) is 0 Å². The minimum absolute atomic E-state index is 0.468. The summed E-state index contributed by atoms with van der Waals surface area (Å²) in [4.78, 5) is 2.69. The molecular formula is C16H27NS2. The van der Waals surface area contributed by atoms with Crippen molar-refractivity contribution in [2.45, 2.75) is 53.8 Å². The highest BCUT2D eigenvalue weighted by atomic mass is 32.2. The molecule has 0 radical (unpaired) electrons. The van der Waals surface area contributed by atoms with E-state index in [2.05, 4.69) is 63.6 Å². The molecule has 0 bridgehead atoms. The van der Waals surface area contributed by atoms with Crippen molar-refractivity contribution in [1.82, 2.24) is 5.32 Å². The largest absolute Gasteiger partial charge is 0.372 e. The molecule has 0 aliphatic carbocycles. The fourth-order valence-electron chi connectivity index (χ4n) is 1.31. The topological polar surface area (TPSA) is 12.0 Å². The molecule has 0 fully saturated rings. The molecule has 0 saturated carbocycles. The Morgan fingerprint density at radius 1 is 1.21 bits per heavy atom. The Morgan fingerprint density at radius 2 is 1.84 bits per heavy atom. The minimum atomic E-state index is 0.468. The van der Waals surface area contributed by atoms with Gasteiger partial charge in [-0.2, -0.15) is 0 Å². The van der Waals surface area contributed by atoms with Crippen LogP contribution in [0.1, 0.15) is 48.5 Å².